The van der Waals surface area contributed by atoms with Gasteiger partial charge in [-0.2, -0.15) is 89.1 Å². The number of aryl methyl sites for hydroxylation is 3. The van der Waals surface area contributed by atoms with Crippen LogP contribution in [0.2, 0.25) is 0 Å². The molecule has 8 nitrogen and oxygen atoms in total. The van der Waals surface area contributed by atoms with Crippen molar-refractivity contribution in [3.05, 3.63) is 223 Å². The van der Waals surface area contributed by atoms with Gasteiger partial charge < -0.3 is 28.4 Å². The Hall–Kier alpha value is -8.16. The molecule has 0 aliphatic carbocycles. The van der Waals surface area contributed by atoms with Gasteiger partial charge in [-0.05, 0) is 47.1 Å². The molecule has 0 N–H and O–H groups in total. The fraction of sp³-hybridized carbons (Fsp3) is 0.125. The van der Waals surface area contributed by atoms with Gasteiger partial charge in [-0.15, -0.1) is 0 Å². The van der Waals surface area contributed by atoms with Crippen LogP contribution in [0.4, 0.5) is 52.7 Å². The molecule has 0 saturated carbocycles. The molecule has 10 rings (SSSR count). The Kier molecular flexibility index (Phi) is 16.9. The number of benzene rings is 6. The Balaban J connectivity index is 0.000000182. The number of hydrogen-bond acceptors (Lipinski definition) is 3. The summed E-state index contributed by atoms with van der Waals surface area (Å²) in [5, 5.41) is 7.65. The van der Waals surface area contributed by atoms with Crippen LogP contribution in [-0.2, 0) is 58.9 Å². The van der Waals surface area contributed by atoms with Crippen LogP contribution >= 0.6 is 0 Å². The fourth-order valence-electron chi connectivity index (χ4n) is 7.96. The molecule has 0 spiro atoms. The topological polar surface area (TPSA) is 70.4 Å². The summed E-state index contributed by atoms with van der Waals surface area (Å²) in [5.74, 6) is 1.27. The van der Waals surface area contributed by atoms with E-state index in [-0.39, 0.29) is 32.2 Å². The standard InChI is InChI=1S/2C24H15F6N2.C8H7N4.Ir/c2*1-31-15-32(20-13-12-18(23(25,26)27)14-19(20)24(28,29)30)22(17-10-6-3-7-11-17)21(31)16-8-4-2-5-9-16;1-6-10-8(12-11-6)7-4-2-3-5-9-7;/h2*2-12,14H,1H3;2-5H,1H3;/q3*-1;. The normalized spacial score (nSPS) is 11.7. The molecule has 0 bridgehead atoms. The molecule has 0 amide bonds. The first-order chi connectivity index (χ1) is 36.0. The average Bonchev–Trinajstić information content (AvgIpc) is 4.10. The fourth-order valence-corrected chi connectivity index (χ4v) is 7.96. The van der Waals surface area contributed by atoms with Crippen molar-refractivity contribution < 1.29 is 81.9 Å². The maximum Gasteiger partial charge on any atom is 0.370 e. The van der Waals surface area contributed by atoms with Crippen molar-refractivity contribution in [1.29, 1.82) is 0 Å². The molecule has 0 aliphatic heterocycles. The summed E-state index contributed by atoms with van der Waals surface area (Å²) >= 11 is 0. The third kappa shape index (κ3) is 12.9. The van der Waals surface area contributed by atoms with Gasteiger partial charge in [-0.3, -0.25) is 10.1 Å². The molecule has 0 aliphatic rings. The van der Waals surface area contributed by atoms with E-state index in [1.807, 2.05) is 18.2 Å². The zero-order valence-electron chi connectivity index (χ0n) is 40.1. The van der Waals surface area contributed by atoms with Crippen LogP contribution < -0.4 is 14.2 Å². The summed E-state index contributed by atoms with van der Waals surface area (Å²) in [6.45, 7) is 1.80. The Bertz CT molecular complexity index is 3360. The number of imidazole rings is 2. The zero-order valence-corrected chi connectivity index (χ0v) is 42.5. The van der Waals surface area contributed by atoms with Crippen molar-refractivity contribution in [3.63, 3.8) is 0 Å². The number of pyridine rings is 1. The van der Waals surface area contributed by atoms with Gasteiger partial charge in [0, 0.05) is 32.1 Å². The molecule has 397 valence electrons. The Morgan fingerprint density at radius 3 is 1.16 bits per heavy atom. The molecule has 4 aromatic heterocycles. The summed E-state index contributed by atoms with van der Waals surface area (Å²) in [6.07, 6.45) is -12.6. The molecule has 4 heterocycles. The average molecular weight is 1240 g/mol. The predicted octanol–water partition coefficient (Wildman–Crippen LogP) is 13.3. The summed E-state index contributed by atoms with van der Waals surface area (Å²) in [4.78, 5) is 8.19. The SMILES string of the molecule is C[n+]1[c-]n(-c2[c-]cc(C(F)(F)F)cc2C(F)(F)F)c(-c2ccccc2)c1-c1ccccc1.C[n+]1[c-]n(-c2[c-]cc(C(F)(F)F)cc2C(F)(F)F)c(-c2ccccc2)c1-c1ccccc1.Cc1n[n-]c(-c2ccccn2)n1.[Ir]. The Morgan fingerprint density at radius 2 is 0.844 bits per heavy atom. The molecule has 0 atom stereocenters. The maximum absolute atomic E-state index is 13.8. The number of halogens is 12. The summed E-state index contributed by atoms with van der Waals surface area (Å²) in [5.41, 5.74) is -1.74. The second-order valence-corrected chi connectivity index (χ2v) is 16.5. The quantitative estimate of drug-likeness (QED) is 0.0906. The van der Waals surface area contributed by atoms with Gasteiger partial charge >= 0.3 is 24.7 Å². The van der Waals surface area contributed by atoms with E-state index in [1.165, 1.54) is 9.13 Å². The molecule has 0 fully saturated rings. The van der Waals surface area contributed by atoms with Gasteiger partial charge in [-0.25, -0.2) is 0 Å². The molecule has 77 heavy (non-hydrogen) atoms. The monoisotopic (exact) mass is 1240 g/mol. The number of alkyl halides is 12. The first kappa shape index (κ1) is 56.6. The molecule has 0 unspecified atom stereocenters. The number of rotatable bonds is 7. The van der Waals surface area contributed by atoms with Crippen molar-refractivity contribution in [2.75, 3.05) is 0 Å². The van der Waals surface area contributed by atoms with Crippen LogP contribution in [0.5, 0.6) is 0 Å². The second-order valence-electron chi connectivity index (χ2n) is 16.5. The minimum Gasteiger partial charge on any atom is -0.421 e. The largest absolute Gasteiger partial charge is 0.421 e. The van der Waals surface area contributed by atoms with E-state index in [2.05, 4.69) is 45.0 Å². The Morgan fingerprint density at radius 1 is 0.481 bits per heavy atom. The van der Waals surface area contributed by atoms with Crippen LogP contribution in [0.1, 0.15) is 28.1 Å². The Labute approximate surface area is 446 Å². The van der Waals surface area contributed by atoms with E-state index in [1.54, 1.807) is 149 Å². The summed E-state index contributed by atoms with van der Waals surface area (Å²) in [6, 6.07) is 46.5. The second kappa shape index (κ2) is 23.0. The van der Waals surface area contributed by atoms with Crippen LogP contribution in [0, 0.1) is 31.7 Å². The van der Waals surface area contributed by atoms with Crippen LogP contribution in [0.3, 0.4) is 0 Å². The van der Waals surface area contributed by atoms with Crippen molar-refractivity contribution in [2.45, 2.75) is 31.6 Å². The van der Waals surface area contributed by atoms with Gasteiger partial charge in [0.25, 0.3) is 0 Å². The van der Waals surface area contributed by atoms with E-state index >= 15 is 0 Å². The maximum atomic E-state index is 13.8. The minimum absolute atomic E-state index is 0. The molecule has 21 heteroatoms. The first-order valence-corrected chi connectivity index (χ1v) is 22.5. The first-order valence-electron chi connectivity index (χ1n) is 22.5. The van der Waals surface area contributed by atoms with Crippen molar-refractivity contribution in [3.8, 4) is 67.9 Å². The third-order valence-electron chi connectivity index (χ3n) is 11.3. The number of aromatic nitrogens is 8. The van der Waals surface area contributed by atoms with Crippen molar-refractivity contribution >= 4 is 0 Å². The summed E-state index contributed by atoms with van der Waals surface area (Å²) in [7, 11) is 3.23. The van der Waals surface area contributed by atoms with Gasteiger partial charge in [-0.1, -0.05) is 161 Å². The van der Waals surface area contributed by atoms with Gasteiger partial charge in [0.05, 0.1) is 42.6 Å². The van der Waals surface area contributed by atoms with E-state index in [9.17, 15) is 52.7 Å². The van der Waals surface area contributed by atoms with Crippen LogP contribution in [0.15, 0.2) is 170 Å². The zero-order chi connectivity index (χ0) is 54.6. The summed E-state index contributed by atoms with van der Waals surface area (Å²) < 4.78 is 167. The van der Waals surface area contributed by atoms with E-state index in [0.717, 1.165) is 14.8 Å². The van der Waals surface area contributed by atoms with Crippen molar-refractivity contribution in [2.24, 2.45) is 14.1 Å². The van der Waals surface area contributed by atoms with Crippen LogP contribution in [0.25, 0.3) is 67.9 Å². The number of nitrogens with zero attached hydrogens (tertiary/aromatic N) is 8. The van der Waals surface area contributed by atoms with Gasteiger partial charge in [0.2, 0.25) is 12.7 Å². The van der Waals surface area contributed by atoms with E-state index in [0.29, 0.717) is 68.8 Å². The van der Waals surface area contributed by atoms with Gasteiger partial charge in [0.15, 0.2) is 0 Å². The molecule has 6 aromatic carbocycles. The van der Waals surface area contributed by atoms with Crippen LogP contribution in [-0.4, -0.2) is 24.2 Å². The van der Waals surface area contributed by atoms with Crippen molar-refractivity contribution in [1.82, 2.24) is 29.3 Å². The molecular formula is C56H37F12IrN8-3. The van der Waals surface area contributed by atoms with E-state index in [4.69, 9.17) is 0 Å². The van der Waals surface area contributed by atoms with E-state index < -0.39 is 58.3 Å². The smallest absolute Gasteiger partial charge is 0.370 e. The van der Waals surface area contributed by atoms with Gasteiger partial charge in [0.1, 0.15) is 0 Å². The molecule has 10 aromatic rings. The number of hydrogen-bond donors (Lipinski definition) is 0. The molecule has 0 saturated heterocycles. The molecule has 1 radical (unpaired) electrons. The minimum atomic E-state index is -5.04. The predicted molar refractivity (Wildman–Crippen MR) is 254 cm³/mol. The molecular weight excluding hydrogens is 1200 g/mol. The third-order valence-corrected chi connectivity index (χ3v) is 11.3.